The van der Waals surface area contributed by atoms with E-state index in [0.29, 0.717) is 12.6 Å². The molecule has 1 atom stereocenters. The molecule has 1 aromatic rings. The lowest BCUT2D eigenvalue weighted by Gasteiger charge is -2.23. The van der Waals surface area contributed by atoms with Crippen LogP contribution in [0.5, 0.6) is 0 Å². The lowest BCUT2D eigenvalue weighted by Crippen LogP contribution is -2.31. The highest BCUT2D eigenvalue weighted by atomic mass is 32.1. The van der Waals surface area contributed by atoms with Crippen molar-refractivity contribution in [1.29, 1.82) is 0 Å². The highest BCUT2D eigenvalue weighted by Gasteiger charge is 2.10. The van der Waals surface area contributed by atoms with E-state index >= 15 is 0 Å². The van der Waals surface area contributed by atoms with Gasteiger partial charge in [-0.2, -0.15) is 0 Å². The Balaban J connectivity index is 2.46. The lowest BCUT2D eigenvalue weighted by atomic mass is 10.3. The molecule has 3 nitrogen and oxygen atoms in total. The fourth-order valence-corrected chi connectivity index (χ4v) is 2.35. The number of hydrogen-bond donors (Lipinski definition) is 1. The Morgan fingerprint density at radius 1 is 1.47 bits per heavy atom. The molecule has 0 radical (unpaired) electrons. The Labute approximate surface area is 95.8 Å². The maximum Gasteiger partial charge on any atom is 0.0615 e. The number of rotatable bonds is 6. The van der Waals surface area contributed by atoms with Gasteiger partial charge in [-0.3, -0.25) is 4.90 Å². The maximum absolute atomic E-state index is 5.58. The van der Waals surface area contributed by atoms with Gasteiger partial charge in [0, 0.05) is 36.0 Å². The maximum atomic E-state index is 5.58. The van der Waals surface area contributed by atoms with E-state index in [0.717, 1.165) is 13.2 Å². The van der Waals surface area contributed by atoms with Gasteiger partial charge in [0.05, 0.1) is 6.61 Å². The van der Waals surface area contributed by atoms with Crippen LogP contribution in [0.3, 0.4) is 0 Å². The molecule has 0 fully saturated rings. The van der Waals surface area contributed by atoms with Crippen LogP contribution >= 0.6 is 11.3 Å². The molecule has 2 N–H and O–H groups in total. The summed E-state index contributed by atoms with van der Waals surface area (Å²) in [5, 5.41) is 0. The van der Waals surface area contributed by atoms with Gasteiger partial charge in [-0.25, -0.2) is 0 Å². The van der Waals surface area contributed by atoms with Gasteiger partial charge in [-0.15, -0.1) is 11.3 Å². The van der Waals surface area contributed by atoms with Crippen molar-refractivity contribution in [2.45, 2.75) is 26.1 Å². The summed E-state index contributed by atoms with van der Waals surface area (Å²) in [6.45, 7) is 4.55. The molecule has 0 saturated carbocycles. The minimum absolute atomic E-state index is 0.443. The smallest absolute Gasteiger partial charge is 0.0615 e. The minimum atomic E-state index is 0.443. The number of likely N-dealkylation sites (N-methyl/N-ethyl adjacent to an activating group) is 1. The van der Waals surface area contributed by atoms with Crippen LogP contribution in [-0.2, 0) is 17.8 Å². The van der Waals surface area contributed by atoms with Crippen molar-refractivity contribution in [2.24, 2.45) is 5.73 Å². The van der Waals surface area contributed by atoms with Crippen molar-refractivity contribution in [3.8, 4) is 0 Å². The first-order valence-electron chi connectivity index (χ1n) is 5.14. The van der Waals surface area contributed by atoms with Crippen LogP contribution in [0.15, 0.2) is 12.1 Å². The van der Waals surface area contributed by atoms with E-state index in [-0.39, 0.29) is 0 Å². The van der Waals surface area contributed by atoms with Crippen LogP contribution < -0.4 is 5.73 Å². The lowest BCUT2D eigenvalue weighted by molar-refractivity contribution is 0.112. The number of methoxy groups -OCH3 is 1. The molecule has 0 saturated heterocycles. The molecule has 0 aliphatic rings. The summed E-state index contributed by atoms with van der Waals surface area (Å²) in [7, 11) is 3.85. The largest absolute Gasteiger partial charge is 0.383 e. The van der Waals surface area contributed by atoms with Crippen LogP contribution in [0, 0.1) is 0 Å². The molecule has 4 heteroatoms. The van der Waals surface area contributed by atoms with Crippen LogP contribution in [0.1, 0.15) is 16.7 Å². The molecule has 1 rings (SSSR count). The Morgan fingerprint density at radius 3 is 2.67 bits per heavy atom. The molecule has 0 amide bonds. The number of nitrogens with zero attached hydrogens (tertiary/aromatic N) is 1. The zero-order valence-electron chi connectivity index (χ0n) is 9.69. The molecule has 1 heterocycles. The minimum Gasteiger partial charge on any atom is -0.383 e. The molecule has 15 heavy (non-hydrogen) atoms. The van der Waals surface area contributed by atoms with Crippen molar-refractivity contribution in [3.63, 3.8) is 0 Å². The molecule has 0 aromatic carbocycles. The fourth-order valence-electron chi connectivity index (χ4n) is 1.39. The van der Waals surface area contributed by atoms with Crippen LogP contribution in [0.2, 0.25) is 0 Å². The van der Waals surface area contributed by atoms with Crippen LogP contribution in [0.4, 0.5) is 0 Å². The standard InChI is InChI=1S/C11H20N2OS/c1-9(8-14-3)13(2)7-11-5-4-10(6-12)15-11/h4-5,9H,6-8,12H2,1-3H3. The van der Waals surface area contributed by atoms with Crippen molar-refractivity contribution >= 4 is 11.3 Å². The van der Waals surface area contributed by atoms with E-state index in [1.54, 1.807) is 18.4 Å². The van der Waals surface area contributed by atoms with Gasteiger partial charge in [0.2, 0.25) is 0 Å². The van der Waals surface area contributed by atoms with Crippen molar-refractivity contribution in [1.82, 2.24) is 4.90 Å². The number of nitrogens with two attached hydrogens (primary N) is 1. The first-order chi connectivity index (χ1) is 7.17. The SMILES string of the molecule is COCC(C)N(C)Cc1ccc(CN)s1. The van der Waals surface area contributed by atoms with Crippen molar-refractivity contribution in [2.75, 3.05) is 20.8 Å². The second-order valence-corrected chi connectivity index (χ2v) is 5.04. The first kappa shape index (κ1) is 12.6. The second kappa shape index (κ2) is 6.23. The Bertz CT molecular complexity index is 288. The zero-order chi connectivity index (χ0) is 11.3. The van der Waals surface area contributed by atoms with Crippen LogP contribution in [0.25, 0.3) is 0 Å². The Morgan fingerprint density at radius 2 is 2.13 bits per heavy atom. The monoisotopic (exact) mass is 228 g/mol. The van der Waals surface area contributed by atoms with E-state index in [1.807, 2.05) is 0 Å². The average molecular weight is 228 g/mol. The molecule has 0 bridgehead atoms. The Kier molecular flexibility index (Phi) is 5.25. The number of hydrogen-bond acceptors (Lipinski definition) is 4. The highest BCUT2D eigenvalue weighted by Crippen LogP contribution is 2.18. The summed E-state index contributed by atoms with van der Waals surface area (Å²) in [5.74, 6) is 0. The molecule has 1 aromatic heterocycles. The summed E-state index contributed by atoms with van der Waals surface area (Å²) < 4.78 is 5.13. The Hall–Kier alpha value is -0.420. The zero-order valence-corrected chi connectivity index (χ0v) is 10.5. The van der Waals surface area contributed by atoms with E-state index in [1.165, 1.54) is 9.75 Å². The third-order valence-electron chi connectivity index (χ3n) is 2.48. The van der Waals surface area contributed by atoms with Gasteiger partial charge in [0.15, 0.2) is 0 Å². The number of thiophene rings is 1. The van der Waals surface area contributed by atoms with E-state index < -0.39 is 0 Å². The second-order valence-electron chi connectivity index (χ2n) is 3.79. The van der Waals surface area contributed by atoms with Gasteiger partial charge in [0.25, 0.3) is 0 Å². The summed E-state index contributed by atoms with van der Waals surface area (Å²) in [4.78, 5) is 4.90. The quantitative estimate of drug-likeness (QED) is 0.805. The van der Waals surface area contributed by atoms with E-state index in [2.05, 4.69) is 31.0 Å². The van der Waals surface area contributed by atoms with Crippen molar-refractivity contribution in [3.05, 3.63) is 21.9 Å². The molecule has 0 spiro atoms. The molecule has 0 aliphatic carbocycles. The molecule has 86 valence electrons. The molecular formula is C11H20N2OS. The third kappa shape index (κ3) is 3.91. The van der Waals surface area contributed by atoms with Gasteiger partial charge in [0.1, 0.15) is 0 Å². The first-order valence-corrected chi connectivity index (χ1v) is 5.95. The average Bonchev–Trinajstić information content (AvgIpc) is 2.66. The highest BCUT2D eigenvalue weighted by molar-refractivity contribution is 7.11. The number of ether oxygens (including phenoxy) is 1. The molecular weight excluding hydrogens is 208 g/mol. The van der Waals surface area contributed by atoms with Crippen LogP contribution in [-0.4, -0.2) is 31.7 Å². The molecule has 0 aliphatic heterocycles. The fraction of sp³-hybridized carbons (Fsp3) is 0.636. The summed E-state index contributed by atoms with van der Waals surface area (Å²) in [6.07, 6.45) is 0. The van der Waals surface area contributed by atoms with Gasteiger partial charge in [-0.1, -0.05) is 0 Å². The van der Waals surface area contributed by atoms with Gasteiger partial charge >= 0.3 is 0 Å². The van der Waals surface area contributed by atoms with Crippen molar-refractivity contribution < 1.29 is 4.74 Å². The third-order valence-corrected chi connectivity index (χ3v) is 3.58. The summed E-state index contributed by atoms with van der Waals surface area (Å²) >= 11 is 1.79. The molecule has 1 unspecified atom stereocenters. The normalized spacial score (nSPS) is 13.4. The summed E-state index contributed by atoms with van der Waals surface area (Å²) in [5.41, 5.74) is 5.58. The summed E-state index contributed by atoms with van der Waals surface area (Å²) in [6, 6.07) is 4.70. The topological polar surface area (TPSA) is 38.5 Å². The van der Waals surface area contributed by atoms with E-state index in [4.69, 9.17) is 10.5 Å². The van der Waals surface area contributed by atoms with Gasteiger partial charge < -0.3 is 10.5 Å². The predicted octanol–water partition coefficient (Wildman–Crippen LogP) is 1.67. The van der Waals surface area contributed by atoms with E-state index in [9.17, 15) is 0 Å². The van der Waals surface area contributed by atoms with Gasteiger partial charge in [-0.05, 0) is 26.1 Å². The predicted molar refractivity (Wildman–Crippen MR) is 65.0 cm³/mol.